The second-order valence-corrected chi connectivity index (χ2v) is 7.88. The summed E-state index contributed by atoms with van der Waals surface area (Å²) < 4.78 is 0. The van der Waals surface area contributed by atoms with E-state index in [1.165, 1.54) is 11.1 Å². The van der Waals surface area contributed by atoms with Gasteiger partial charge in [-0.25, -0.2) is 4.98 Å². The number of nitrogens with zero attached hydrogens (tertiary/aromatic N) is 2. The summed E-state index contributed by atoms with van der Waals surface area (Å²) in [6.07, 6.45) is 0.307. The highest BCUT2D eigenvalue weighted by atomic mass is 32.1. The maximum Gasteiger partial charge on any atom is 0.226 e. The van der Waals surface area contributed by atoms with Crippen molar-refractivity contribution in [3.8, 4) is 10.6 Å². The smallest absolute Gasteiger partial charge is 0.226 e. The zero-order chi connectivity index (χ0) is 19.2. The highest BCUT2D eigenvalue weighted by Gasteiger charge is 2.09. The van der Waals surface area contributed by atoms with Gasteiger partial charge in [0.15, 0.2) is 0 Å². The van der Waals surface area contributed by atoms with Crippen molar-refractivity contribution in [2.75, 3.05) is 14.1 Å². The van der Waals surface area contributed by atoms with Crippen LogP contribution in [0.1, 0.15) is 22.4 Å². The molecule has 0 radical (unpaired) electrons. The average Bonchev–Trinajstić information content (AvgIpc) is 3.09. The number of hydrogen-bond donors (Lipinski definition) is 1. The molecule has 3 rings (SSSR count). The summed E-state index contributed by atoms with van der Waals surface area (Å²) in [5.41, 5.74) is 5.49. The molecule has 1 N–H and O–H groups in total. The Morgan fingerprint density at radius 2 is 1.85 bits per heavy atom. The molecule has 0 atom stereocenters. The van der Waals surface area contributed by atoms with Gasteiger partial charge in [0.05, 0.1) is 12.1 Å². The zero-order valence-corrected chi connectivity index (χ0v) is 16.8. The number of nitrogens with one attached hydrogen (secondary N) is 1. The monoisotopic (exact) mass is 379 g/mol. The molecule has 2 aromatic carbocycles. The molecule has 3 aromatic rings. The lowest BCUT2D eigenvalue weighted by Gasteiger charge is -2.10. The minimum absolute atomic E-state index is 0.00606. The number of amides is 1. The number of rotatable bonds is 7. The van der Waals surface area contributed by atoms with Crippen molar-refractivity contribution in [1.82, 2.24) is 15.2 Å². The van der Waals surface area contributed by atoms with Gasteiger partial charge in [-0.1, -0.05) is 48.0 Å². The molecule has 1 amide bonds. The van der Waals surface area contributed by atoms with Crippen LogP contribution in [0, 0.1) is 6.92 Å². The fourth-order valence-corrected chi connectivity index (χ4v) is 3.67. The van der Waals surface area contributed by atoms with Crippen molar-refractivity contribution in [3.05, 3.63) is 76.3 Å². The van der Waals surface area contributed by atoms with Crippen LogP contribution >= 0.6 is 11.3 Å². The van der Waals surface area contributed by atoms with Crippen molar-refractivity contribution in [3.63, 3.8) is 0 Å². The number of aromatic nitrogens is 1. The predicted octanol–water partition coefficient (Wildman–Crippen LogP) is 4.04. The standard InChI is InChI=1S/C22H25N3OS/c1-16-5-4-6-19(11-16)22-24-20(15-27-22)12-21(26)23-13-17-7-9-18(10-8-17)14-25(2)3/h4-11,15H,12-14H2,1-3H3,(H,23,26). The fraction of sp³-hybridized carbons (Fsp3) is 0.273. The lowest BCUT2D eigenvalue weighted by atomic mass is 10.1. The van der Waals surface area contributed by atoms with Gasteiger partial charge in [-0.3, -0.25) is 4.79 Å². The van der Waals surface area contributed by atoms with Crippen LogP contribution in [0.5, 0.6) is 0 Å². The topological polar surface area (TPSA) is 45.2 Å². The van der Waals surface area contributed by atoms with E-state index in [4.69, 9.17) is 0 Å². The van der Waals surface area contributed by atoms with Gasteiger partial charge in [0.1, 0.15) is 5.01 Å². The highest BCUT2D eigenvalue weighted by Crippen LogP contribution is 2.24. The van der Waals surface area contributed by atoms with E-state index >= 15 is 0 Å². The first-order chi connectivity index (χ1) is 13.0. The minimum Gasteiger partial charge on any atom is -0.352 e. The van der Waals surface area contributed by atoms with Crippen LogP contribution in [0.25, 0.3) is 10.6 Å². The number of thiazole rings is 1. The number of carbonyl (C=O) groups excluding carboxylic acids is 1. The van der Waals surface area contributed by atoms with Gasteiger partial charge in [0.2, 0.25) is 5.91 Å². The molecule has 4 nitrogen and oxygen atoms in total. The molecule has 0 aliphatic rings. The summed E-state index contributed by atoms with van der Waals surface area (Å²) in [4.78, 5) is 19.0. The molecule has 0 aliphatic heterocycles. The number of benzene rings is 2. The Hall–Kier alpha value is -2.50. The molecule has 0 unspecified atom stereocenters. The summed E-state index contributed by atoms with van der Waals surface area (Å²) in [7, 11) is 4.11. The number of aryl methyl sites for hydroxylation is 1. The van der Waals surface area contributed by atoms with Crippen molar-refractivity contribution < 1.29 is 4.79 Å². The molecular formula is C22H25N3OS. The Kier molecular flexibility index (Phi) is 6.37. The van der Waals surface area contributed by atoms with E-state index < -0.39 is 0 Å². The summed E-state index contributed by atoms with van der Waals surface area (Å²) in [6.45, 7) is 3.52. The predicted molar refractivity (Wildman–Crippen MR) is 112 cm³/mol. The van der Waals surface area contributed by atoms with Crippen molar-refractivity contribution in [2.45, 2.75) is 26.4 Å². The van der Waals surface area contributed by atoms with Gasteiger partial charge in [-0.2, -0.15) is 0 Å². The Labute approximate surface area is 164 Å². The molecule has 5 heteroatoms. The fourth-order valence-electron chi connectivity index (χ4n) is 2.85. The van der Waals surface area contributed by atoms with E-state index in [2.05, 4.69) is 78.7 Å². The average molecular weight is 380 g/mol. The molecule has 1 aromatic heterocycles. The van der Waals surface area contributed by atoms with Crippen LogP contribution in [-0.2, 0) is 24.3 Å². The lowest BCUT2D eigenvalue weighted by Crippen LogP contribution is -2.24. The largest absolute Gasteiger partial charge is 0.352 e. The summed E-state index contributed by atoms with van der Waals surface area (Å²) in [5.74, 6) is -0.00606. The van der Waals surface area contributed by atoms with Gasteiger partial charge in [0, 0.05) is 24.0 Å². The molecule has 0 spiro atoms. The first-order valence-corrected chi connectivity index (χ1v) is 9.88. The van der Waals surface area contributed by atoms with E-state index in [1.54, 1.807) is 11.3 Å². The second-order valence-electron chi connectivity index (χ2n) is 7.02. The number of hydrogen-bond acceptors (Lipinski definition) is 4. The molecule has 0 bridgehead atoms. The third-order valence-corrected chi connectivity index (χ3v) is 5.11. The maximum atomic E-state index is 12.2. The molecule has 140 valence electrons. The van der Waals surface area contributed by atoms with Crippen LogP contribution in [0.4, 0.5) is 0 Å². The van der Waals surface area contributed by atoms with Crippen molar-refractivity contribution in [1.29, 1.82) is 0 Å². The van der Waals surface area contributed by atoms with Crippen LogP contribution in [0.15, 0.2) is 53.9 Å². The van der Waals surface area contributed by atoms with Gasteiger partial charge >= 0.3 is 0 Å². The first-order valence-electron chi connectivity index (χ1n) is 9.00. The highest BCUT2D eigenvalue weighted by molar-refractivity contribution is 7.13. The van der Waals surface area contributed by atoms with E-state index in [1.807, 2.05) is 11.4 Å². The molecule has 0 saturated heterocycles. The lowest BCUT2D eigenvalue weighted by molar-refractivity contribution is -0.120. The Morgan fingerprint density at radius 3 is 2.56 bits per heavy atom. The third-order valence-electron chi connectivity index (χ3n) is 4.17. The van der Waals surface area contributed by atoms with Gasteiger partial charge in [0.25, 0.3) is 0 Å². The van der Waals surface area contributed by atoms with E-state index in [0.717, 1.165) is 28.4 Å². The summed E-state index contributed by atoms with van der Waals surface area (Å²) in [5, 5.41) is 5.90. The molecular weight excluding hydrogens is 354 g/mol. The van der Waals surface area contributed by atoms with Crippen molar-refractivity contribution in [2.24, 2.45) is 0 Å². The first kappa shape index (κ1) is 19.3. The van der Waals surface area contributed by atoms with Crippen LogP contribution in [0.2, 0.25) is 0 Å². The quantitative estimate of drug-likeness (QED) is 0.674. The van der Waals surface area contributed by atoms with Crippen LogP contribution < -0.4 is 5.32 Å². The molecule has 0 aliphatic carbocycles. The van der Waals surface area contributed by atoms with Gasteiger partial charge in [-0.15, -0.1) is 11.3 Å². The molecule has 27 heavy (non-hydrogen) atoms. The van der Waals surface area contributed by atoms with Crippen molar-refractivity contribution >= 4 is 17.2 Å². The van der Waals surface area contributed by atoms with E-state index in [0.29, 0.717) is 13.0 Å². The van der Waals surface area contributed by atoms with Gasteiger partial charge < -0.3 is 10.2 Å². The Bertz CT molecular complexity index is 900. The second kappa shape index (κ2) is 8.93. The summed E-state index contributed by atoms with van der Waals surface area (Å²) >= 11 is 1.58. The normalized spacial score (nSPS) is 11.0. The zero-order valence-electron chi connectivity index (χ0n) is 16.0. The van der Waals surface area contributed by atoms with Gasteiger partial charge in [-0.05, 0) is 38.2 Å². The molecule has 1 heterocycles. The van der Waals surface area contributed by atoms with Crippen LogP contribution in [-0.4, -0.2) is 29.9 Å². The maximum absolute atomic E-state index is 12.2. The number of carbonyl (C=O) groups is 1. The minimum atomic E-state index is -0.00606. The van der Waals surface area contributed by atoms with Crippen LogP contribution in [0.3, 0.4) is 0 Å². The third kappa shape index (κ3) is 5.74. The van der Waals surface area contributed by atoms with E-state index in [-0.39, 0.29) is 5.91 Å². The van der Waals surface area contributed by atoms with E-state index in [9.17, 15) is 4.79 Å². The summed E-state index contributed by atoms with van der Waals surface area (Å²) in [6, 6.07) is 16.6. The molecule has 0 fully saturated rings. The molecule has 0 saturated carbocycles. The SMILES string of the molecule is Cc1cccc(-c2nc(CC(=O)NCc3ccc(CN(C)C)cc3)cs2)c1. The Balaban J connectivity index is 1.52. The Morgan fingerprint density at radius 1 is 1.11 bits per heavy atom.